The van der Waals surface area contributed by atoms with Crippen LogP contribution in [0.5, 0.6) is 0 Å². The van der Waals surface area contributed by atoms with Gasteiger partial charge in [0.1, 0.15) is 0 Å². The summed E-state index contributed by atoms with van der Waals surface area (Å²) in [7, 11) is 0. The zero-order valence-electron chi connectivity index (χ0n) is 12.0. The standard InChI is InChI=1S/C14H17N3O4S/c18-17(19)10-3-4-12-13(8-10)22-14(16-12)15-5-7-20-9-11-2-1-6-21-11/h3-4,8,11H,1-2,5-7,9H2,(H,15,16). The average Bonchev–Trinajstić information content (AvgIpc) is 3.14. The van der Waals surface area contributed by atoms with Crippen LogP contribution in [0, 0.1) is 10.1 Å². The van der Waals surface area contributed by atoms with Gasteiger partial charge in [0, 0.05) is 25.3 Å². The number of non-ortho nitro benzene ring substituents is 1. The number of nitrogens with one attached hydrogen (secondary N) is 1. The maximum absolute atomic E-state index is 10.8. The van der Waals surface area contributed by atoms with E-state index in [1.807, 2.05) is 0 Å². The Hall–Kier alpha value is -1.77. The van der Waals surface area contributed by atoms with Crippen LogP contribution < -0.4 is 5.32 Å². The number of ether oxygens (including phenoxy) is 2. The zero-order chi connectivity index (χ0) is 15.4. The summed E-state index contributed by atoms with van der Waals surface area (Å²) in [6.45, 7) is 2.70. The van der Waals surface area contributed by atoms with Gasteiger partial charge in [-0.25, -0.2) is 4.98 Å². The number of aromatic nitrogens is 1. The summed E-state index contributed by atoms with van der Waals surface area (Å²) >= 11 is 1.41. The molecule has 0 bridgehead atoms. The number of benzene rings is 1. The normalized spacial score (nSPS) is 17.9. The lowest BCUT2D eigenvalue weighted by atomic mass is 10.2. The van der Waals surface area contributed by atoms with Gasteiger partial charge in [-0.05, 0) is 18.9 Å². The molecule has 0 saturated carbocycles. The molecule has 1 aliphatic rings. The number of fused-ring (bicyclic) bond motifs is 1. The van der Waals surface area contributed by atoms with Crippen molar-refractivity contribution in [3.8, 4) is 0 Å². The van der Waals surface area contributed by atoms with Crippen molar-refractivity contribution >= 4 is 32.4 Å². The Balaban J connectivity index is 1.47. The molecule has 1 aromatic carbocycles. The second-order valence-electron chi connectivity index (χ2n) is 5.06. The Labute approximate surface area is 131 Å². The minimum Gasteiger partial charge on any atom is -0.377 e. The minimum atomic E-state index is -0.398. The molecule has 0 spiro atoms. The van der Waals surface area contributed by atoms with Crippen molar-refractivity contribution in [2.75, 3.05) is 31.7 Å². The molecule has 1 aliphatic heterocycles. The van der Waals surface area contributed by atoms with E-state index in [0.717, 1.165) is 34.8 Å². The average molecular weight is 323 g/mol. The van der Waals surface area contributed by atoms with Gasteiger partial charge in [-0.1, -0.05) is 11.3 Å². The predicted octanol–water partition coefficient (Wildman–Crippen LogP) is 2.81. The molecule has 0 aliphatic carbocycles. The Bertz CT molecular complexity index is 655. The molecule has 1 saturated heterocycles. The number of rotatable bonds is 7. The molecule has 8 heteroatoms. The number of nitro groups is 1. The third-order valence-corrected chi connectivity index (χ3v) is 4.41. The van der Waals surface area contributed by atoms with Crippen molar-refractivity contribution in [3.63, 3.8) is 0 Å². The third-order valence-electron chi connectivity index (χ3n) is 3.43. The van der Waals surface area contributed by atoms with Gasteiger partial charge in [-0.15, -0.1) is 0 Å². The Morgan fingerprint density at radius 1 is 1.55 bits per heavy atom. The highest BCUT2D eigenvalue weighted by molar-refractivity contribution is 7.22. The molecular weight excluding hydrogens is 306 g/mol. The van der Waals surface area contributed by atoms with Crippen molar-refractivity contribution in [1.29, 1.82) is 0 Å². The SMILES string of the molecule is O=[N+]([O-])c1ccc2nc(NCCOCC3CCCO3)sc2c1. The molecule has 3 rings (SSSR count). The second-order valence-corrected chi connectivity index (χ2v) is 6.10. The number of nitrogens with zero attached hydrogens (tertiary/aromatic N) is 2. The van der Waals surface area contributed by atoms with E-state index in [0.29, 0.717) is 19.8 Å². The van der Waals surface area contributed by atoms with Crippen molar-refractivity contribution < 1.29 is 14.4 Å². The van der Waals surface area contributed by atoms with Crippen molar-refractivity contribution in [2.45, 2.75) is 18.9 Å². The summed E-state index contributed by atoms with van der Waals surface area (Å²) in [5.41, 5.74) is 0.848. The first-order valence-corrected chi connectivity index (χ1v) is 8.02. The fourth-order valence-corrected chi connectivity index (χ4v) is 3.25. The van der Waals surface area contributed by atoms with Gasteiger partial charge in [0.2, 0.25) is 0 Å². The second kappa shape index (κ2) is 6.99. The first-order valence-electron chi connectivity index (χ1n) is 7.20. The Kier molecular flexibility index (Phi) is 4.81. The van der Waals surface area contributed by atoms with Gasteiger partial charge in [-0.3, -0.25) is 10.1 Å². The fourth-order valence-electron chi connectivity index (χ4n) is 2.32. The lowest BCUT2D eigenvalue weighted by Crippen LogP contribution is -2.17. The van der Waals surface area contributed by atoms with Crippen LogP contribution in [0.2, 0.25) is 0 Å². The van der Waals surface area contributed by atoms with Crippen LogP contribution >= 0.6 is 11.3 Å². The number of hydrogen-bond acceptors (Lipinski definition) is 7. The number of hydrogen-bond donors (Lipinski definition) is 1. The van der Waals surface area contributed by atoms with Gasteiger partial charge in [0.05, 0.1) is 34.5 Å². The van der Waals surface area contributed by atoms with Gasteiger partial charge in [0.25, 0.3) is 5.69 Å². The van der Waals surface area contributed by atoms with E-state index in [4.69, 9.17) is 9.47 Å². The topological polar surface area (TPSA) is 86.5 Å². The van der Waals surface area contributed by atoms with Crippen LogP contribution in [0.25, 0.3) is 10.2 Å². The third kappa shape index (κ3) is 3.70. The number of thiazole rings is 1. The summed E-state index contributed by atoms with van der Waals surface area (Å²) in [5, 5.41) is 14.7. The monoisotopic (exact) mass is 323 g/mol. The molecule has 7 nitrogen and oxygen atoms in total. The smallest absolute Gasteiger partial charge is 0.270 e. The van der Waals surface area contributed by atoms with Crippen LogP contribution in [0.1, 0.15) is 12.8 Å². The summed E-state index contributed by atoms with van der Waals surface area (Å²) in [6.07, 6.45) is 2.43. The molecule has 2 aromatic rings. The van der Waals surface area contributed by atoms with Crippen LogP contribution in [0.4, 0.5) is 10.8 Å². The summed E-state index contributed by atoms with van der Waals surface area (Å²) < 4.78 is 11.8. The lowest BCUT2D eigenvalue weighted by Gasteiger charge is -2.09. The van der Waals surface area contributed by atoms with E-state index in [1.54, 1.807) is 12.1 Å². The highest BCUT2D eigenvalue weighted by Gasteiger charge is 2.15. The number of nitro benzene ring substituents is 1. The molecule has 1 fully saturated rings. The van der Waals surface area contributed by atoms with E-state index in [2.05, 4.69) is 10.3 Å². The Morgan fingerprint density at radius 3 is 3.23 bits per heavy atom. The van der Waals surface area contributed by atoms with Crippen LogP contribution in [-0.2, 0) is 9.47 Å². The molecule has 1 unspecified atom stereocenters. The first-order chi connectivity index (χ1) is 10.7. The molecule has 118 valence electrons. The molecule has 0 amide bonds. The van der Waals surface area contributed by atoms with Crippen LogP contribution in [0.3, 0.4) is 0 Å². The fraction of sp³-hybridized carbons (Fsp3) is 0.500. The quantitative estimate of drug-likeness (QED) is 0.479. The maximum Gasteiger partial charge on any atom is 0.270 e. The molecule has 1 atom stereocenters. The molecular formula is C14H17N3O4S. The zero-order valence-corrected chi connectivity index (χ0v) is 12.8. The Morgan fingerprint density at radius 2 is 2.45 bits per heavy atom. The number of anilines is 1. The summed E-state index contributed by atoms with van der Waals surface area (Å²) in [6, 6.07) is 4.69. The van der Waals surface area contributed by atoms with Gasteiger partial charge < -0.3 is 14.8 Å². The largest absolute Gasteiger partial charge is 0.377 e. The minimum absolute atomic E-state index is 0.0857. The summed E-state index contributed by atoms with van der Waals surface area (Å²) in [4.78, 5) is 14.7. The highest BCUT2D eigenvalue weighted by atomic mass is 32.1. The van der Waals surface area contributed by atoms with Crippen molar-refractivity contribution in [1.82, 2.24) is 4.98 Å². The molecule has 2 heterocycles. The van der Waals surface area contributed by atoms with Gasteiger partial charge >= 0.3 is 0 Å². The lowest BCUT2D eigenvalue weighted by molar-refractivity contribution is -0.384. The van der Waals surface area contributed by atoms with Gasteiger partial charge in [0.15, 0.2) is 5.13 Å². The van der Waals surface area contributed by atoms with Crippen LogP contribution in [0.15, 0.2) is 18.2 Å². The van der Waals surface area contributed by atoms with E-state index >= 15 is 0 Å². The predicted molar refractivity (Wildman–Crippen MR) is 84.6 cm³/mol. The summed E-state index contributed by atoms with van der Waals surface area (Å²) in [5.74, 6) is 0. The van der Waals surface area contributed by atoms with Crippen LogP contribution in [-0.4, -0.2) is 42.4 Å². The molecule has 0 radical (unpaired) electrons. The molecule has 1 aromatic heterocycles. The highest BCUT2D eigenvalue weighted by Crippen LogP contribution is 2.28. The van der Waals surface area contributed by atoms with Crippen molar-refractivity contribution in [2.24, 2.45) is 0 Å². The maximum atomic E-state index is 10.8. The van der Waals surface area contributed by atoms with Gasteiger partial charge in [-0.2, -0.15) is 0 Å². The molecule has 22 heavy (non-hydrogen) atoms. The first kappa shape index (κ1) is 15.1. The van der Waals surface area contributed by atoms with E-state index in [-0.39, 0.29) is 11.8 Å². The van der Waals surface area contributed by atoms with Crippen molar-refractivity contribution in [3.05, 3.63) is 28.3 Å². The molecule has 1 N–H and O–H groups in total. The van der Waals surface area contributed by atoms with E-state index in [9.17, 15) is 10.1 Å². The van der Waals surface area contributed by atoms with E-state index < -0.39 is 4.92 Å². The van der Waals surface area contributed by atoms with E-state index in [1.165, 1.54) is 17.4 Å².